The zero-order valence-electron chi connectivity index (χ0n) is 9.93. The van der Waals surface area contributed by atoms with Crippen LogP contribution in [0.5, 0.6) is 0 Å². The Morgan fingerprint density at radius 2 is 2.18 bits per heavy atom. The van der Waals surface area contributed by atoms with Gasteiger partial charge in [0.25, 0.3) is 0 Å². The number of amides is 1. The van der Waals surface area contributed by atoms with Gasteiger partial charge in [-0.15, -0.1) is 0 Å². The number of benzene rings is 1. The van der Waals surface area contributed by atoms with Crippen molar-refractivity contribution in [3.05, 3.63) is 34.9 Å². The number of nitrogens with zero attached hydrogens (tertiary/aromatic N) is 1. The molecule has 0 bridgehead atoms. The second kappa shape index (κ2) is 4.20. The smallest absolute Gasteiger partial charge is 0.323 e. The minimum atomic E-state index is -0.965. The van der Waals surface area contributed by atoms with Gasteiger partial charge >= 0.3 is 5.97 Å². The van der Waals surface area contributed by atoms with Gasteiger partial charge in [0.1, 0.15) is 6.54 Å². The van der Waals surface area contributed by atoms with Gasteiger partial charge in [-0.25, -0.2) is 0 Å². The fourth-order valence-electron chi connectivity index (χ4n) is 2.28. The number of carbonyl (C=O) groups excluding carboxylic acids is 1. The van der Waals surface area contributed by atoms with E-state index < -0.39 is 5.97 Å². The van der Waals surface area contributed by atoms with Gasteiger partial charge in [0.05, 0.1) is 12.5 Å². The van der Waals surface area contributed by atoms with Crippen LogP contribution in [0.1, 0.15) is 29.2 Å². The van der Waals surface area contributed by atoms with Gasteiger partial charge in [0, 0.05) is 0 Å². The Balaban J connectivity index is 2.22. The number of hydrogen-bond donors (Lipinski definition) is 1. The number of β-lactam (4-membered cyclic amide) rings is 1. The molecule has 2 rings (SSSR count). The molecule has 1 aromatic carbocycles. The molecule has 4 heteroatoms. The number of aliphatic carboxylic acids is 1. The van der Waals surface area contributed by atoms with Crippen molar-refractivity contribution < 1.29 is 14.7 Å². The SMILES string of the molecule is Cc1ccc(C2CC(=O)N2CC(=O)O)c(C)c1. The highest BCUT2D eigenvalue weighted by Gasteiger charge is 2.38. The molecule has 17 heavy (non-hydrogen) atoms. The first-order chi connectivity index (χ1) is 7.99. The van der Waals surface area contributed by atoms with Gasteiger partial charge in [0.2, 0.25) is 5.91 Å². The molecule has 0 spiro atoms. The number of carbonyl (C=O) groups is 2. The molecule has 1 saturated heterocycles. The first-order valence-electron chi connectivity index (χ1n) is 5.57. The van der Waals surface area contributed by atoms with Gasteiger partial charge < -0.3 is 10.0 Å². The van der Waals surface area contributed by atoms with E-state index in [1.807, 2.05) is 26.0 Å². The number of aryl methyl sites for hydroxylation is 2. The molecule has 0 aromatic heterocycles. The Kier molecular flexibility index (Phi) is 2.88. The lowest BCUT2D eigenvalue weighted by molar-refractivity contribution is -0.155. The molecule has 1 N–H and O–H groups in total. The molecule has 1 aliphatic heterocycles. The highest BCUT2D eigenvalue weighted by Crippen LogP contribution is 2.35. The van der Waals surface area contributed by atoms with Gasteiger partial charge in [-0.3, -0.25) is 9.59 Å². The summed E-state index contributed by atoms with van der Waals surface area (Å²) in [4.78, 5) is 23.5. The molecular formula is C13H15NO3. The average Bonchev–Trinajstić information content (AvgIpc) is 2.24. The predicted molar refractivity (Wildman–Crippen MR) is 62.6 cm³/mol. The Bertz CT molecular complexity index is 482. The highest BCUT2D eigenvalue weighted by atomic mass is 16.4. The summed E-state index contributed by atoms with van der Waals surface area (Å²) < 4.78 is 0. The fourth-order valence-corrected chi connectivity index (χ4v) is 2.28. The molecule has 1 atom stereocenters. The van der Waals surface area contributed by atoms with Crippen molar-refractivity contribution in [3.8, 4) is 0 Å². The third kappa shape index (κ3) is 2.16. The maximum Gasteiger partial charge on any atom is 0.323 e. The molecule has 1 fully saturated rings. The van der Waals surface area contributed by atoms with Gasteiger partial charge in [-0.05, 0) is 25.0 Å². The molecule has 1 unspecified atom stereocenters. The molecule has 90 valence electrons. The summed E-state index contributed by atoms with van der Waals surface area (Å²) in [5.74, 6) is -1.05. The minimum Gasteiger partial charge on any atom is -0.480 e. The van der Waals surface area contributed by atoms with E-state index in [-0.39, 0.29) is 18.5 Å². The number of likely N-dealkylation sites (tertiary alicyclic amines) is 1. The lowest BCUT2D eigenvalue weighted by atomic mass is 9.90. The summed E-state index contributed by atoms with van der Waals surface area (Å²) in [6.07, 6.45) is 0.414. The quantitative estimate of drug-likeness (QED) is 0.808. The summed E-state index contributed by atoms with van der Waals surface area (Å²) in [7, 11) is 0. The Hall–Kier alpha value is -1.84. The zero-order valence-corrected chi connectivity index (χ0v) is 9.93. The predicted octanol–water partition coefficient (Wildman–Crippen LogP) is 1.66. The van der Waals surface area contributed by atoms with E-state index in [0.717, 1.165) is 11.1 Å². The van der Waals surface area contributed by atoms with E-state index in [9.17, 15) is 9.59 Å². The topological polar surface area (TPSA) is 57.6 Å². The Morgan fingerprint density at radius 1 is 1.47 bits per heavy atom. The van der Waals surface area contributed by atoms with Crippen molar-refractivity contribution in [1.82, 2.24) is 4.90 Å². The van der Waals surface area contributed by atoms with Crippen LogP contribution in [0, 0.1) is 13.8 Å². The molecule has 1 aliphatic rings. The largest absolute Gasteiger partial charge is 0.480 e. The van der Waals surface area contributed by atoms with Crippen molar-refractivity contribution in [3.63, 3.8) is 0 Å². The molecular weight excluding hydrogens is 218 g/mol. The second-order valence-electron chi connectivity index (χ2n) is 4.50. The molecule has 4 nitrogen and oxygen atoms in total. The van der Waals surface area contributed by atoms with Crippen LogP contribution in [0.3, 0.4) is 0 Å². The zero-order chi connectivity index (χ0) is 12.6. The summed E-state index contributed by atoms with van der Waals surface area (Å²) >= 11 is 0. The Morgan fingerprint density at radius 3 is 2.71 bits per heavy atom. The van der Waals surface area contributed by atoms with Crippen LogP contribution in [-0.4, -0.2) is 28.4 Å². The minimum absolute atomic E-state index is 0.0702. The third-order valence-corrected chi connectivity index (χ3v) is 3.15. The van der Waals surface area contributed by atoms with Gasteiger partial charge in [-0.1, -0.05) is 23.8 Å². The average molecular weight is 233 g/mol. The lowest BCUT2D eigenvalue weighted by Gasteiger charge is -2.40. The molecule has 1 aromatic rings. The number of carboxylic acid groups (broad SMARTS) is 1. The maximum atomic E-state index is 11.4. The molecule has 0 saturated carbocycles. The van der Waals surface area contributed by atoms with Crippen molar-refractivity contribution in [2.24, 2.45) is 0 Å². The van der Waals surface area contributed by atoms with Crippen LogP contribution in [0.2, 0.25) is 0 Å². The summed E-state index contributed by atoms with van der Waals surface area (Å²) in [6.45, 7) is 3.79. The monoisotopic (exact) mass is 233 g/mol. The van der Waals surface area contributed by atoms with Gasteiger partial charge in [-0.2, -0.15) is 0 Å². The summed E-state index contributed by atoms with van der Waals surface area (Å²) in [6, 6.07) is 5.96. The van der Waals surface area contributed by atoms with E-state index in [2.05, 4.69) is 6.07 Å². The van der Waals surface area contributed by atoms with Crippen LogP contribution in [-0.2, 0) is 9.59 Å². The van der Waals surface area contributed by atoms with E-state index in [1.54, 1.807) is 0 Å². The number of carboxylic acids is 1. The van der Waals surface area contributed by atoms with Crippen LogP contribution in [0.4, 0.5) is 0 Å². The molecule has 1 heterocycles. The Labute approximate surface area is 99.9 Å². The molecule has 0 radical (unpaired) electrons. The van der Waals surface area contributed by atoms with E-state index in [4.69, 9.17) is 5.11 Å². The van der Waals surface area contributed by atoms with Crippen molar-refractivity contribution in [2.75, 3.05) is 6.54 Å². The van der Waals surface area contributed by atoms with Crippen LogP contribution < -0.4 is 0 Å². The first-order valence-corrected chi connectivity index (χ1v) is 5.57. The first kappa shape index (κ1) is 11.6. The van der Waals surface area contributed by atoms with E-state index >= 15 is 0 Å². The molecule has 0 aliphatic carbocycles. The number of hydrogen-bond acceptors (Lipinski definition) is 2. The van der Waals surface area contributed by atoms with Gasteiger partial charge in [0.15, 0.2) is 0 Å². The van der Waals surface area contributed by atoms with E-state index in [1.165, 1.54) is 10.5 Å². The van der Waals surface area contributed by atoms with E-state index in [0.29, 0.717) is 6.42 Å². The standard InChI is InChI=1S/C13H15NO3/c1-8-3-4-10(9(2)5-8)11-6-12(15)14(11)7-13(16)17/h3-5,11H,6-7H2,1-2H3,(H,16,17). The lowest BCUT2D eigenvalue weighted by Crippen LogP contribution is -2.48. The third-order valence-electron chi connectivity index (χ3n) is 3.15. The summed E-state index contributed by atoms with van der Waals surface area (Å²) in [5, 5.41) is 8.75. The van der Waals surface area contributed by atoms with Crippen molar-refractivity contribution >= 4 is 11.9 Å². The normalized spacial score (nSPS) is 19.1. The fraction of sp³-hybridized carbons (Fsp3) is 0.385. The highest BCUT2D eigenvalue weighted by molar-refractivity contribution is 5.87. The van der Waals surface area contributed by atoms with Crippen molar-refractivity contribution in [1.29, 1.82) is 0 Å². The second-order valence-corrected chi connectivity index (χ2v) is 4.50. The summed E-state index contributed by atoms with van der Waals surface area (Å²) in [5.41, 5.74) is 3.33. The molecule has 1 amide bonds. The van der Waals surface area contributed by atoms with Crippen LogP contribution in [0.25, 0.3) is 0 Å². The van der Waals surface area contributed by atoms with Crippen LogP contribution in [0.15, 0.2) is 18.2 Å². The maximum absolute atomic E-state index is 11.4. The number of rotatable bonds is 3. The van der Waals surface area contributed by atoms with Crippen molar-refractivity contribution in [2.45, 2.75) is 26.3 Å². The van der Waals surface area contributed by atoms with Crippen LogP contribution >= 0.6 is 0 Å².